The van der Waals surface area contributed by atoms with E-state index in [0.29, 0.717) is 5.39 Å². The number of amides is 3. The maximum absolute atomic E-state index is 13.0. The van der Waals surface area contributed by atoms with Crippen molar-refractivity contribution in [2.45, 2.75) is 43.3 Å². The number of hydrogen-bond donors (Lipinski definition) is 2. The van der Waals surface area contributed by atoms with E-state index in [0.717, 1.165) is 11.8 Å². The van der Waals surface area contributed by atoms with E-state index in [1.54, 1.807) is 32.0 Å². The first-order valence-corrected chi connectivity index (χ1v) is 8.58. The molecule has 140 valence electrons. The number of carbonyl (C=O) groups excluding carboxylic acids is 2. The fourth-order valence-electron chi connectivity index (χ4n) is 2.00. The van der Waals surface area contributed by atoms with Crippen LogP contribution < -0.4 is 10.6 Å². The van der Waals surface area contributed by atoms with Crippen LogP contribution in [0.25, 0.3) is 10.9 Å². The van der Waals surface area contributed by atoms with Gasteiger partial charge >= 0.3 is 12.2 Å². The predicted octanol–water partition coefficient (Wildman–Crippen LogP) is 3.36. The summed E-state index contributed by atoms with van der Waals surface area (Å²) in [6.45, 7) is 4.94. The van der Waals surface area contributed by atoms with Crippen LogP contribution in [-0.4, -0.2) is 33.2 Å². The molecular formula is C16H17F3N4O2S. The van der Waals surface area contributed by atoms with Crippen molar-refractivity contribution in [1.82, 2.24) is 20.6 Å². The van der Waals surface area contributed by atoms with Gasteiger partial charge in [0.2, 0.25) is 11.7 Å². The molecule has 10 heteroatoms. The number of nitrogens with zero attached hydrogens (tertiary/aromatic N) is 2. The number of rotatable bonds is 4. The largest absolute Gasteiger partial charge is 0.451 e. The monoisotopic (exact) mass is 386 g/mol. The highest BCUT2D eigenvalue weighted by atomic mass is 32.2. The van der Waals surface area contributed by atoms with E-state index in [2.05, 4.69) is 20.6 Å². The van der Waals surface area contributed by atoms with Gasteiger partial charge in [0.25, 0.3) is 0 Å². The van der Waals surface area contributed by atoms with Gasteiger partial charge in [-0.3, -0.25) is 10.1 Å². The summed E-state index contributed by atoms with van der Waals surface area (Å²) in [4.78, 5) is 30.8. The minimum absolute atomic E-state index is 0.0230. The van der Waals surface area contributed by atoms with Gasteiger partial charge in [-0.25, -0.2) is 14.8 Å². The highest BCUT2D eigenvalue weighted by Crippen LogP contribution is 2.33. The Bertz CT molecular complexity index is 827. The lowest BCUT2D eigenvalue weighted by Crippen LogP contribution is -2.45. The Morgan fingerprint density at radius 3 is 2.38 bits per heavy atom. The number of halogens is 3. The van der Waals surface area contributed by atoms with Crippen LogP contribution in [0.1, 0.15) is 26.6 Å². The van der Waals surface area contributed by atoms with Gasteiger partial charge in [-0.2, -0.15) is 13.2 Å². The van der Waals surface area contributed by atoms with Crippen LogP contribution in [0.15, 0.2) is 29.3 Å². The van der Waals surface area contributed by atoms with Gasteiger partial charge in [-0.1, -0.05) is 30.0 Å². The molecule has 0 fully saturated rings. The van der Waals surface area contributed by atoms with Gasteiger partial charge in [-0.15, -0.1) is 0 Å². The van der Waals surface area contributed by atoms with Gasteiger partial charge in [0.1, 0.15) is 5.03 Å². The van der Waals surface area contributed by atoms with Crippen LogP contribution in [-0.2, 0) is 11.0 Å². The van der Waals surface area contributed by atoms with Crippen molar-refractivity contribution in [3.05, 3.63) is 30.1 Å². The van der Waals surface area contributed by atoms with Gasteiger partial charge in [0.15, 0.2) is 0 Å². The third-order valence-corrected chi connectivity index (χ3v) is 4.24. The van der Waals surface area contributed by atoms with Crippen molar-refractivity contribution in [1.29, 1.82) is 0 Å². The average molecular weight is 386 g/mol. The summed E-state index contributed by atoms with van der Waals surface area (Å²) >= 11 is 0.829. The number of nitrogens with one attached hydrogen (secondary N) is 2. The molecule has 1 heterocycles. The fraction of sp³-hybridized carbons (Fsp3) is 0.375. The van der Waals surface area contributed by atoms with Gasteiger partial charge < -0.3 is 5.32 Å². The second kappa shape index (κ2) is 7.90. The Hall–Kier alpha value is -2.36. The molecule has 2 N–H and O–H groups in total. The molecule has 2 rings (SSSR count). The van der Waals surface area contributed by atoms with Crippen LogP contribution >= 0.6 is 11.8 Å². The van der Waals surface area contributed by atoms with Crippen molar-refractivity contribution in [3.63, 3.8) is 0 Å². The van der Waals surface area contributed by atoms with E-state index < -0.39 is 29.2 Å². The van der Waals surface area contributed by atoms with Crippen molar-refractivity contribution in [2.24, 2.45) is 0 Å². The number of alkyl halides is 3. The summed E-state index contributed by atoms with van der Waals surface area (Å²) < 4.78 is 39.1. The van der Waals surface area contributed by atoms with E-state index in [4.69, 9.17) is 0 Å². The zero-order valence-corrected chi connectivity index (χ0v) is 15.0. The van der Waals surface area contributed by atoms with E-state index >= 15 is 0 Å². The molecule has 1 aromatic heterocycles. The number of imide groups is 1. The van der Waals surface area contributed by atoms with Crippen LogP contribution in [0.2, 0.25) is 0 Å². The van der Waals surface area contributed by atoms with Crippen LogP contribution in [0, 0.1) is 0 Å². The normalized spacial score (nSPS) is 12.9. The van der Waals surface area contributed by atoms with Crippen molar-refractivity contribution < 1.29 is 22.8 Å². The first-order chi connectivity index (χ1) is 12.1. The molecule has 2 aromatic rings. The van der Waals surface area contributed by atoms with Crippen molar-refractivity contribution in [2.75, 3.05) is 0 Å². The quantitative estimate of drug-likeness (QED) is 0.622. The van der Waals surface area contributed by atoms with E-state index in [9.17, 15) is 22.8 Å². The minimum Gasteiger partial charge on any atom is -0.336 e. The van der Waals surface area contributed by atoms with Crippen molar-refractivity contribution in [3.8, 4) is 0 Å². The van der Waals surface area contributed by atoms with Crippen LogP contribution in [0.3, 0.4) is 0 Å². The number of aromatic nitrogens is 2. The molecule has 0 saturated heterocycles. The Kier molecular flexibility index (Phi) is 6.06. The molecule has 0 aliphatic carbocycles. The van der Waals surface area contributed by atoms with Crippen LogP contribution in [0.5, 0.6) is 0 Å². The van der Waals surface area contributed by atoms with Crippen molar-refractivity contribution >= 4 is 34.6 Å². The molecule has 26 heavy (non-hydrogen) atoms. The number of urea groups is 1. The highest BCUT2D eigenvalue weighted by molar-refractivity contribution is 8.00. The van der Waals surface area contributed by atoms with Crippen LogP contribution in [0.4, 0.5) is 18.0 Å². The molecule has 0 radical (unpaired) electrons. The summed E-state index contributed by atoms with van der Waals surface area (Å²) in [5.41, 5.74) is 0.127. The van der Waals surface area contributed by atoms with Gasteiger partial charge in [0, 0.05) is 11.4 Å². The number of thioether (sulfide) groups is 1. The zero-order valence-electron chi connectivity index (χ0n) is 14.2. The Morgan fingerprint density at radius 1 is 1.12 bits per heavy atom. The number of para-hydroxylation sites is 1. The highest BCUT2D eigenvalue weighted by Gasteiger charge is 2.36. The molecule has 0 bridgehead atoms. The average Bonchev–Trinajstić information content (AvgIpc) is 2.52. The predicted molar refractivity (Wildman–Crippen MR) is 91.7 cm³/mol. The standard InChI is InChI=1S/C16H17F3N4O2S/c1-8(2)20-15(25)22-12(24)9(3)26-13-10-6-4-5-7-11(10)21-14(23-13)16(17,18)19/h4-9H,1-3H3,(H2,20,22,24,25)/t9-/m1/s1. The molecule has 1 atom stereocenters. The Morgan fingerprint density at radius 2 is 1.77 bits per heavy atom. The summed E-state index contributed by atoms with van der Waals surface area (Å²) in [5, 5.41) is 4.23. The maximum atomic E-state index is 13.0. The topological polar surface area (TPSA) is 84.0 Å². The molecule has 0 unspecified atom stereocenters. The third kappa shape index (κ3) is 5.07. The summed E-state index contributed by atoms with van der Waals surface area (Å²) in [5.74, 6) is -1.91. The minimum atomic E-state index is -4.71. The van der Waals surface area contributed by atoms with Gasteiger partial charge in [-0.05, 0) is 26.8 Å². The molecule has 0 saturated carbocycles. The maximum Gasteiger partial charge on any atom is 0.451 e. The van der Waals surface area contributed by atoms with E-state index in [1.807, 2.05) is 0 Å². The van der Waals surface area contributed by atoms with E-state index in [1.165, 1.54) is 13.0 Å². The molecule has 3 amide bonds. The third-order valence-electron chi connectivity index (χ3n) is 3.14. The Labute approximate surface area is 152 Å². The molecule has 6 nitrogen and oxygen atoms in total. The molecule has 0 spiro atoms. The lowest BCUT2D eigenvalue weighted by Gasteiger charge is -2.15. The SMILES string of the molecule is CC(C)NC(=O)NC(=O)[C@@H](C)Sc1nc(C(F)(F)F)nc2ccccc12. The number of benzene rings is 1. The molecule has 1 aromatic carbocycles. The second-order valence-corrected chi connectivity index (χ2v) is 7.07. The summed E-state index contributed by atoms with van der Waals surface area (Å²) in [7, 11) is 0. The first-order valence-electron chi connectivity index (χ1n) is 7.70. The lowest BCUT2D eigenvalue weighted by molar-refractivity contribution is -0.145. The molecule has 0 aliphatic rings. The smallest absolute Gasteiger partial charge is 0.336 e. The fourth-order valence-corrected chi connectivity index (χ4v) is 2.94. The number of hydrogen-bond acceptors (Lipinski definition) is 5. The number of fused-ring (bicyclic) bond motifs is 1. The molecule has 0 aliphatic heterocycles. The summed E-state index contributed by atoms with van der Waals surface area (Å²) in [6.07, 6.45) is -4.71. The van der Waals surface area contributed by atoms with E-state index in [-0.39, 0.29) is 16.6 Å². The molecular weight excluding hydrogens is 369 g/mol. The second-order valence-electron chi connectivity index (χ2n) is 5.74. The van der Waals surface area contributed by atoms with Gasteiger partial charge in [0.05, 0.1) is 10.8 Å². The Balaban J connectivity index is 2.26. The first kappa shape index (κ1) is 20.0. The number of carbonyl (C=O) groups is 2. The summed E-state index contributed by atoms with van der Waals surface area (Å²) in [6, 6.07) is 5.40. The lowest BCUT2D eigenvalue weighted by atomic mass is 10.2. The zero-order chi connectivity index (χ0) is 19.5.